The van der Waals surface area contributed by atoms with Crippen molar-refractivity contribution >= 4 is 41.6 Å². The molecule has 0 aromatic carbocycles. The molecule has 3 aliphatic heterocycles. The Kier molecular flexibility index (Phi) is 6.09. The minimum atomic E-state index is -0.688. The van der Waals surface area contributed by atoms with Crippen LogP contribution in [0.5, 0.6) is 0 Å². The lowest BCUT2D eigenvalue weighted by Crippen LogP contribution is -2.64. The highest BCUT2D eigenvalue weighted by atomic mass is 32.1. The Labute approximate surface area is 189 Å². The summed E-state index contributed by atoms with van der Waals surface area (Å²) in [5.41, 5.74) is 0.653. The SMILES string of the molecule is Cc1nnsc1C(=O)N1CCC(CNC(=O)CN2C=NC3C2C(=O)N(C)C(=O)N3C)CC1. The summed E-state index contributed by atoms with van der Waals surface area (Å²) in [4.78, 5) is 60.4. The van der Waals surface area contributed by atoms with Gasteiger partial charge in [-0.2, -0.15) is 0 Å². The third-order valence-corrected chi connectivity index (χ3v) is 7.05. The Hall–Kier alpha value is -3.09. The molecule has 32 heavy (non-hydrogen) atoms. The zero-order chi connectivity index (χ0) is 23.0. The lowest BCUT2D eigenvalue weighted by molar-refractivity contribution is -0.136. The predicted octanol–water partition coefficient (Wildman–Crippen LogP) is -0.623. The van der Waals surface area contributed by atoms with Gasteiger partial charge in [0.15, 0.2) is 12.2 Å². The zero-order valence-corrected chi connectivity index (χ0v) is 19.0. The Morgan fingerprint density at radius 3 is 2.59 bits per heavy atom. The molecule has 2 unspecified atom stereocenters. The number of urea groups is 1. The van der Waals surface area contributed by atoms with Gasteiger partial charge in [-0.15, -0.1) is 5.10 Å². The fraction of sp³-hybridized carbons (Fsp3) is 0.632. The number of fused-ring (bicyclic) bond motifs is 1. The van der Waals surface area contributed by atoms with Crippen LogP contribution in [0.2, 0.25) is 0 Å². The van der Waals surface area contributed by atoms with Gasteiger partial charge in [0.2, 0.25) is 5.91 Å². The van der Waals surface area contributed by atoms with Crippen LogP contribution in [-0.2, 0) is 9.59 Å². The van der Waals surface area contributed by atoms with E-state index in [4.69, 9.17) is 0 Å². The summed E-state index contributed by atoms with van der Waals surface area (Å²) in [5, 5.41) is 6.83. The molecule has 4 heterocycles. The molecule has 13 heteroatoms. The van der Waals surface area contributed by atoms with E-state index in [2.05, 4.69) is 19.9 Å². The minimum absolute atomic E-state index is 0.0126. The van der Waals surface area contributed by atoms with E-state index in [1.165, 1.54) is 18.3 Å². The first-order valence-electron chi connectivity index (χ1n) is 10.5. The fourth-order valence-corrected chi connectivity index (χ4v) is 4.86. The number of hydrogen-bond acceptors (Lipinski definition) is 9. The summed E-state index contributed by atoms with van der Waals surface area (Å²) in [6, 6.07) is -1.10. The highest BCUT2D eigenvalue weighted by Crippen LogP contribution is 2.24. The molecule has 5 amide bonds. The van der Waals surface area contributed by atoms with Crippen molar-refractivity contribution in [3.05, 3.63) is 10.6 Å². The molecule has 2 fully saturated rings. The lowest BCUT2D eigenvalue weighted by atomic mass is 9.96. The number of carbonyl (C=O) groups is 4. The van der Waals surface area contributed by atoms with Crippen LogP contribution in [0.1, 0.15) is 28.2 Å². The molecule has 3 aliphatic rings. The van der Waals surface area contributed by atoms with E-state index in [9.17, 15) is 19.2 Å². The van der Waals surface area contributed by atoms with Crippen LogP contribution in [0.15, 0.2) is 4.99 Å². The number of piperidine rings is 1. The van der Waals surface area contributed by atoms with Crippen molar-refractivity contribution in [2.24, 2.45) is 10.9 Å². The molecule has 172 valence electrons. The van der Waals surface area contributed by atoms with Gasteiger partial charge in [0, 0.05) is 33.7 Å². The molecular weight excluding hydrogens is 436 g/mol. The number of hydrogen-bond donors (Lipinski definition) is 1. The van der Waals surface area contributed by atoms with Gasteiger partial charge in [-0.25, -0.2) is 9.79 Å². The number of nitrogens with zero attached hydrogens (tertiary/aromatic N) is 7. The smallest absolute Gasteiger partial charge is 0.328 e. The number of nitrogens with one attached hydrogen (secondary N) is 1. The first kappa shape index (κ1) is 22.1. The van der Waals surface area contributed by atoms with E-state index in [-0.39, 0.29) is 30.2 Å². The average molecular weight is 463 g/mol. The number of likely N-dealkylation sites (tertiary alicyclic amines) is 1. The zero-order valence-electron chi connectivity index (χ0n) is 18.2. The number of aryl methyl sites for hydroxylation is 1. The summed E-state index contributed by atoms with van der Waals surface area (Å²) >= 11 is 1.12. The van der Waals surface area contributed by atoms with Crippen molar-refractivity contribution in [1.29, 1.82) is 0 Å². The largest absolute Gasteiger partial charge is 0.354 e. The van der Waals surface area contributed by atoms with E-state index in [0.29, 0.717) is 30.2 Å². The van der Waals surface area contributed by atoms with Gasteiger partial charge in [-0.3, -0.25) is 19.3 Å². The Morgan fingerprint density at radius 1 is 1.22 bits per heavy atom. The maximum Gasteiger partial charge on any atom is 0.328 e. The highest BCUT2D eigenvalue weighted by Gasteiger charge is 2.48. The van der Waals surface area contributed by atoms with Gasteiger partial charge in [-0.05, 0) is 37.2 Å². The van der Waals surface area contributed by atoms with Crippen molar-refractivity contribution in [2.75, 3.05) is 40.3 Å². The third-order valence-electron chi connectivity index (χ3n) is 6.24. The number of carbonyl (C=O) groups excluding carboxylic acids is 4. The van der Waals surface area contributed by atoms with Gasteiger partial charge in [0.05, 0.1) is 18.6 Å². The monoisotopic (exact) mass is 462 g/mol. The van der Waals surface area contributed by atoms with Crippen LogP contribution in [-0.4, -0.2) is 112 Å². The van der Waals surface area contributed by atoms with Crippen LogP contribution in [0, 0.1) is 12.8 Å². The second kappa shape index (κ2) is 8.81. The van der Waals surface area contributed by atoms with Crippen molar-refractivity contribution in [1.82, 2.24) is 34.5 Å². The van der Waals surface area contributed by atoms with E-state index in [1.807, 2.05) is 4.90 Å². The maximum absolute atomic E-state index is 12.6. The number of aromatic nitrogens is 2. The second-order valence-corrected chi connectivity index (χ2v) is 9.07. The quantitative estimate of drug-likeness (QED) is 0.617. The van der Waals surface area contributed by atoms with Crippen LogP contribution in [0.25, 0.3) is 0 Å². The molecule has 1 N–H and O–H groups in total. The highest BCUT2D eigenvalue weighted by molar-refractivity contribution is 7.07. The Balaban J connectivity index is 1.24. The van der Waals surface area contributed by atoms with Gasteiger partial charge in [0.25, 0.3) is 11.8 Å². The molecule has 0 spiro atoms. The van der Waals surface area contributed by atoms with Crippen molar-refractivity contribution in [2.45, 2.75) is 32.0 Å². The molecule has 0 radical (unpaired) electrons. The average Bonchev–Trinajstić information content (AvgIpc) is 3.41. The van der Waals surface area contributed by atoms with Crippen molar-refractivity contribution < 1.29 is 19.2 Å². The van der Waals surface area contributed by atoms with E-state index in [1.54, 1.807) is 18.9 Å². The molecule has 1 aromatic rings. The molecule has 2 atom stereocenters. The van der Waals surface area contributed by atoms with Crippen LogP contribution in [0.4, 0.5) is 4.79 Å². The number of imide groups is 1. The number of rotatable bonds is 5. The molecule has 0 saturated carbocycles. The number of aliphatic imine (C=N–C) groups is 1. The molecular formula is C19H26N8O4S. The summed E-state index contributed by atoms with van der Waals surface area (Å²) in [5.74, 6) is -0.341. The van der Waals surface area contributed by atoms with Gasteiger partial charge >= 0.3 is 6.03 Å². The van der Waals surface area contributed by atoms with Crippen molar-refractivity contribution in [3.8, 4) is 0 Å². The fourth-order valence-electron chi connectivity index (χ4n) is 4.23. The topological polar surface area (TPSA) is 131 Å². The van der Waals surface area contributed by atoms with E-state index >= 15 is 0 Å². The molecule has 2 saturated heterocycles. The Morgan fingerprint density at radius 2 is 1.94 bits per heavy atom. The van der Waals surface area contributed by atoms with Crippen LogP contribution >= 0.6 is 11.5 Å². The number of amides is 5. The molecule has 1 aromatic heterocycles. The molecule has 4 rings (SSSR count). The first-order chi connectivity index (χ1) is 15.3. The Bertz CT molecular complexity index is 957. The number of likely N-dealkylation sites (N-methyl/N-ethyl adjacent to an activating group) is 2. The molecule has 12 nitrogen and oxygen atoms in total. The summed E-state index contributed by atoms with van der Waals surface area (Å²) in [6.45, 7) is 3.52. The lowest BCUT2D eigenvalue weighted by Gasteiger charge is -2.39. The minimum Gasteiger partial charge on any atom is -0.354 e. The van der Waals surface area contributed by atoms with Crippen LogP contribution < -0.4 is 5.32 Å². The molecule has 0 bridgehead atoms. The van der Waals surface area contributed by atoms with E-state index < -0.39 is 18.2 Å². The third kappa shape index (κ3) is 4.04. The van der Waals surface area contributed by atoms with Crippen LogP contribution in [0.3, 0.4) is 0 Å². The predicted molar refractivity (Wildman–Crippen MR) is 115 cm³/mol. The van der Waals surface area contributed by atoms with Gasteiger partial charge in [-0.1, -0.05) is 4.49 Å². The second-order valence-electron chi connectivity index (χ2n) is 8.31. The van der Waals surface area contributed by atoms with Gasteiger partial charge < -0.3 is 20.0 Å². The standard InChI is InChI=1S/C19H26N8O4S/c1-11-15(32-23-22-11)18(30)26-6-4-12(5-7-26)8-20-13(28)9-27-10-21-16-14(27)17(29)25(3)19(31)24(16)2/h10,12,14,16H,4-9H2,1-3H3,(H,20,28). The van der Waals surface area contributed by atoms with Gasteiger partial charge in [0.1, 0.15) is 4.88 Å². The van der Waals surface area contributed by atoms with Crippen molar-refractivity contribution in [3.63, 3.8) is 0 Å². The van der Waals surface area contributed by atoms with E-state index in [0.717, 1.165) is 29.3 Å². The summed E-state index contributed by atoms with van der Waals surface area (Å²) in [6.07, 6.45) is 2.45. The normalized spacial score (nSPS) is 23.7. The summed E-state index contributed by atoms with van der Waals surface area (Å²) < 4.78 is 3.83. The maximum atomic E-state index is 12.6. The first-order valence-corrected chi connectivity index (χ1v) is 11.2. The summed E-state index contributed by atoms with van der Waals surface area (Å²) in [7, 11) is 3.02. The molecule has 0 aliphatic carbocycles.